The smallest absolute Gasteiger partial charge is 0.232 e. The number of carbonyl (C=O) groups is 1. The van der Waals surface area contributed by atoms with Crippen LogP contribution in [0.4, 0.5) is 0 Å². The molecule has 160 valence electrons. The van der Waals surface area contributed by atoms with E-state index in [2.05, 4.69) is 18.7 Å². The van der Waals surface area contributed by atoms with E-state index in [0.717, 1.165) is 55.5 Å². The monoisotopic (exact) mass is 407 g/mol. The fraction of sp³-hybridized carbons (Fsp3) is 0.423. The average Bonchev–Trinajstić information content (AvgIpc) is 3.05. The van der Waals surface area contributed by atoms with Crippen LogP contribution in [-0.4, -0.2) is 28.9 Å². The molecule has 0 amide bonds. The highest BCUT2D eigenvalue weighted by Gasteiger charge is 2.33. The topological polar surface area (TPSA) is 49.8 Å². The third-order valence-electron chi connectivity index (χ3n) is 5.73. The summed E-state index contributed by atoms with van der Waals surface area (Å²) in [7, 11) is 0. The molecular weight excluding hydrogens is 374 g/mol. The fourth-order valence-electron chi connectivity index (χ4n) is 3.88. The van der Waals surface area contributed by atoms with Crippen molar-refractivity contribution >= 4 is 11.9 Å². The van der Waals surface area contributed by atoms with Crippen LogP contribution in [0.2, 0.25) is 0 Å². The molecule has 0 aromatic heterocycles. The first-order valence-electron chi connectivity index (χ1n) is 11.0. The van der Waals surface area contributed by atoms with Gasteiger partial charge < -0.3 is 9.84 Å². The Balaban J connectivity index is 1.96. The van der Waals surface area contributed by atoms with Crippen molar-refractivity contribution in [3.63, 3.8) is 0 Å². The first kappa shape index (κ1) is 22.1. The quantitative estimate of drug-likeness (QED) is 0.516. The number of phenols is 1. The van der Waals surface area contributed by atoms with Gasteiger partial charge in [-0.25, -0.2) is 0 Å². The van der Waals surface area contributed by atoms with Crippen molar-refractivity contribution in [3.05, 3.63) is 63.9 Å². The summed E-state index contributed by atoms with van der Waals surface area (Å²) in [5.41, 5.74) is 4.09. The van der Waals surface area contributed by atoms with E-state index in [4.69, 9.17) is 4.74 Å². The standard InChI is InChI=1S/C26H33NO3/c1-5-7-13-27(14-8-6-2)17-21-22(28)15-19(4)24-25(29)23(30-26(21)24)16-20-12-10-9-11-18(20)3/h9-12,15-16,28H,5-8,13-14,17H2,1-4H3/b23-16+. The van der Waals surface area contributed by atoms with Crippen molar-refractivity contribution in [2.24, 2.45) is 0 Å². The Hall–Kier alpha value is -2.59. The van der Waals surface area contributed by atoms with E-state index < -0.39 is 0 Å². The molecule has 1 aliphatic rings. The van der Waals surface area contributed by atoms with Crippen LogP contribution in [0, 0.1) is 13.8 Å². The van der Waals surface area contributed by atoms with Crippen LogP contribution in [0.5, 0.6) is 11.5 Å². The molecule has 4 heteroatoms. The second kappa shape index (κ2) is 9.94. The van der Waals surface area contributed by atoms with Gasteiger partial charge in [0.25, 0.3) is 0 Å². The lowest BCUT2D eigenvalue weighted by molar-refractivity contribution is 0.101. The molecule has 3 rings (SSSR count). The number of allylic oxidation sites excluding steroid dienone is 1. The number of aryl methyl sites for hydroxylation is 2. The summed E-state index contributed by atoms with van der Waals surface area (Å²) >= 11 is 0. The lowest BCUT2D eigenvalue weighted by Gasteiger charge is -2.23. The number of hydrogen-bond donors (Lipinski definition) is 1. The number of ether oxygens (including phenoxy) is 1. The number of hydrogen-bond acceptors (Lipinski definition) is 4. The van der Waals surface area contributed by atoms with Gasteiger partial charge in [-0.1, -0.05) is 51.0 Å². The first-order valence-corrected chi connectivity index (χ1v) is 11.0. The molecule has 0 saturated carbocycles. The van der Waals surface area contributed by atoms with Gasteiger partial charge in [0.15, 0.2) is 5.76 Å². The minimum atomic E-state index is -0.110. The number of benzene rings is 2. The minimum absolute atomic E-state index is 0.110. The minimum Gasteiger partial charge on any atom is -0.507 e. The summed E-state index contributed by atoms with van der Waals surface area (Å²) < 4.78 is 6.11. The fourth-order valence-corrected chi connectivity index (χ4v) is 3.88. The van der Waals surface area contributed by atoms with Crippen molar-refractivity contribution in [2.75, 3.05) is 13.1 Å². The molecule has 2 aromatic rings. The number of carbonyl (C=O) groups excluding carboxylic acids is 1. The molecule has 0 saturated heterocycles. The zero-order chi connectivity index (χ0) is 21.7. The Morgan fingerprint density at radius 1 is 1.03 bits per heavy atom. The highest BCUT2D eigenvalue weighted by atomic mass is 16.5. The molecule has 0 radical (unpaired) electrons. The van der Waals surface area contributed by atoms with Gasteiger partial charge in [0, 0.05) is 6.54 Å². The number of Topliss-reactive ketones (excluding diaryl/α,β-unsaturated/α-hetero) is 1. The molecule has 2 aromatic carbocycles. The highest BCUT2D eigenvalue weighted by Crippen LogP contribution is 2.42. The molecule has 1 aliphatic heterocycles. The van der Waals surface area contributed by atoms with Crippen LogP contribution in [-0.2, 0) is 6.54 Å². The molecule has 0 fully saturated rings. The predicted molar refractivity (Wildman–Crippen MR) is 122 cm³/mol. The van der Waals surface area contributed by atoms with Crippen LogP contribution in [0.15, 0.2) is 36.1 Å². The number of ketones is 1. The average molecular weight is 408 g/mol. The maximum atomic E-state index is 13.1. The predicted octanol–water partition coefficient (Wildman–Crippen LogP) is 6.03. The third kappa shape index (κ3) is 4.76. The Morgan fingerprint density at radius 2 is 1.70 bits per heavy atom. The normalized spacial score (nSPS) is 14.4. The molecule has 0 spiro atoms. The second-order valence-corrected chi connectivity index (χ2v) is 8.17. The third-order valence-corrected chi connectivity index (χ3v) is 5.73. The molecule has 1 N–H and O–H groups in total. The Morgan fingerprint density at radius 3 is 2.33 bits per heavy atom. The molecular formula is C26H33NO3. The lowest BCUT2D eigenvalue weighted by atomic mass is 9.98. The number of nitrogens with zero attached hydrogens (tertiary/aromatic N) is 1. The van der Waals surface area contributed by atoms with Gasteiger partial charge in [-0.2, -0.15) is 0 Å². The van der Waals surface area contributed by atoms with E-state index in [0.29, 0.717) is 29.2 Å². The zero-order valence-corrected chi connectivity index (χ0v) is 18.6. The van der Waals surface area contributed by atoms with Crippen molar-refractivity contribution in [3.8, 4) is 11.5 Å². The Labute approximate surface area is 180 Å². The van der Waals surface area contributed by atoms with Crippen LogP contribution in [0.1, 0.15) is 72.1 Å². The van der Waals surface area contributed by atoms with E-state index in [9.17, 15) is 9.90 Å². The van der Waals surface area contributed by atoms with Crippen molar-refractivity contribution in [1.29, 1.82) is 0 Å². The lowest BCUT2D eigenvalue weighted by Crippen LogP contribution is -2.26. The van der Waals surface area contributed by atoms with Crippen molar-refractivity contribution < 1.29 is 14.6 Å². The van der Waals surface area contributed by atoms with Gasteiger partial charge in [0.1, 0.15) is 11.5 Å². The van der Waals surface area contributed by atoms with E-state index in [1.54, 1.807) is 6.07 Å². The van der Waals surface area contributed by atoms with Gasteiger partial charge in [0.2, 0.25) is 5.78 Å². The summed E-state index contributed by atoms with van der Waals surface area (Å²) in [6.45, 7) is 10.8. The molecule has 0 unspecified atom stereocenters. The molecule has 30 heavy (non-hydrogen) atoms. The van der Waals surface area contributed by atoms with Crippen LogP contribution < -0.4 is 4.74 Å². The van der Waals surface area contributed by atoms with Gasteiger partial charge in [0.05, 0.1) is 11.1 Å². The number of unbranched alkanes of at least 4 members (excludes halogenated alkanes) is 2. The summed E-state index contributed by atoms with van der Waals surface area (Å²) in [5.74, 6) is 0.938. The van der Waals surface area contributed by atoms with Crippen LogP contribution in [0.25, 0.3) is 6.08 Å². The first-order chi connectivity index (χ1) is 14.5. The summed E-state index contributed by atoms with van der Waals surface area (Å²) in [4.78, 5) is 15.5. The van der Waals surface area contributed by atoms with Gasteiger partial charge in [-0.3, -0.25) is 9.69 Å². The summed E-state index contributed by atoms with van der Waals surface area (Å²) in [6.07, 6.45) is 6.27. The van der Waals surface area contributed by atoms with E-state index >= 15 is 0 Å². The maximum absolute atomic E-state index is 13.1. The molecule has 1 heterocycles. The number of aromatic hydroxyl groups is 1. The van der Waals surface area contributed by atoms with Gasteiger partial charge in [-0.15, -0.1) is 0 Å². The number of fused-ring (bicyclic) bond motifs is 1. The highest BCUT2D eigenvalue weighted by molar-refractivity contribution is 6.15. The van der Waals surface area contributed by atoms with Crippen molar-refractivity contribution in [1.82, 2.24) is 4.90 Å². The van der Waals surface area contributed by atoms with Gasteiger partial charge in [-0.05, 0) is 68.6 Å². The van der Waals surface area contributed by atoms with Crippen LogP contribution in [0.3, 0.4) is 0 Å². The largest absolute Gasteiger partial charge is 0.507 e. The Bertz CT molecular complexity index is 938. The number of rotatable bonds is 9. The van der Waals surface area contributed by atoms with Crippen LogP contribution >= 0.6 is 0 Å². The maximum Gasteiger partial charge on any atom is 0.232 e. The zero-order valence-electron chi connectivity index (χ0n) is 18.6. The van der Waals surface area contributed by atoms with Gasteiger partial charge >= 0.3 is 0 Å². The Kier molecular flexibility index (Phi) is 7.33. The molecule has 0 atom stereocenters. The summed E-state index contributed by atoms with van der Waals surface area (Å²) in [5, 5.41) is 10.7. The number of phenolic OH excluding ortho intramolecular Hbond substituents is 1. The van der Waals surface area contributed by atoms with E-state index in [1.165, 1.54) is 0 Å². The molecule has 4 nitrogen and oxygen atoms in total. The molecule has 0 bridgehead atoms. The summed E-state index contributed by atoms with van der Waals surface area (Å²) in [6, 6.07) is 9.62. The van der Waals surface area contributed by atoms with Crippen molar-refractivity contribution in [2.45, 2.75) is 59.9 Å². The SMILES string of the molecule is CCCCN(CCCC)Cc1c(O)cc(C)c2c1O/C(=C/c1ccccc1C)C2=O. The second-order valence-electron chi connectivity index (χ2n) is 8.17. The molecule has 0 aliphatic carbocycles. The van der Waals surface area contributed by atoms with E-state index in [-0.39, 0.29) is 11.5 Å². The van der Waals surface area contributed by atoms with E-state index in [1.807, 2.05) is 44.2 Å².